The average molecular weight is 316 g/mol. The van der Waals surface area contributed by atoms with Crippen LogP contribution in [-0.4, -0.2) is 27.4 Å². The van der Waals surface area contributed by atoms with E-state index in [2.05, 4.69) is 27.6 Å². The van der Waals surface area contributed by atoms with Gasteiger partial charge in [-0.2, -0.15) is 0 Å². The Kier molecular flexibility index (Phi) is 3.83. The van der Waals surface area contributed by atoms with Gasteiger partial charge in [0.2, 0.25) is 0 Å². The number of pyridine rings is 1. The molecule has 3 heterocycles. The number of imidazole rings is 1. The van der Waals surface area contributed by atoms with Crippen molar-refractivity contribution < 1.29 is 0 Å². The van der Waals surface area contributed by atoms with Crippen molar-refractivity contribution in [2.45, 2.75) is 44.4 Å². The normalized spacial score (nSPS) is 20.0. The van der Waals surface area contributed by atoms with E-state index in [1.165, 1.54) is 49.7 Å². The Morgan fingerprint density at radius 1 is 1.09 bits per heavy atom. The fourth-order valence-electron chi connectivity index (χ4n) is 3.82. The van der Waals surface area contributed by atoms with Crippen LogP contribution in [0, 0.1) is 0 Å². The van der Waals surface area contributed by atoms with Crippen LogP contribution in [0.1, 0.15) is 55.8 Å². The molecule has 4 heteroatoms. The van der Waals surface area contributed by atoms with Crippen molar-refractivity contribution in [2.24, 2.45) is 0 Å². The molecule has 0 unspecified atom stereocenters. The summed E-state index contributed by atoms with van der Waals surface area (Å²) in [6.45, 7) is 2.33. The van der Waals surface area contributed by atoms with Gasteiger partial charge in [-0.1, -0.05) is 24.4 Å². The SMILES string of the molecule is Clc1cc(C=CN2CCCC2)n2cnc(C3CCCC3)c2c1. The lowest BCUT2D eigenvalue weighted by Crippen LogP contribution is -2.10. The molecular formula is C18H22ClN3. The lowest BCUT2D eigenvalue weighted by atomic mass is 10.0. The molecule has 22 heavy (non-hydrogen) atoms. The third-order valence-corrected chi connectivity index (χ3v) is 5.23. The molecule has 1 saturated heterocycles. The van der Waals surface area contributed by atoms with Gasteiger partial charge in [-0.15, -0.1) is 0 Å². The highest BCUT2D eigenvalue weighted by Crippen LogP contribution is 2.36. The van der Waals surface area contributed by atoms with Crippen molar-refractivity contribution in [3.63, 3.8) is 0 Å². The minimum Gasteiger partial charge on any atom is -0.377 e. The number of likely N-dealkylation sites (tertiary alicyclic amines) is 1. The second kappa shape index (κ2) is 5.96. The lowest BCUT2D eigenvalue weighted by molar-refractivity contribution is 0.471. The van der Waals surface area contributed by atoms with Crippen LogP contribution in [0.4, 0.5) is 0 Å². The Morgan fingerprint density at radius 2 is 1.86 bits per heavy atom. The maximum atomic E-state index is 6.37. The largest absolute Gasteiger partial charge is 0.377 e. The van der Waals surface area contributed by atoms with Gasteiger partial charge in [0.1, 0.15) is 6.33 Å². The quantitative estimate of drug-likeness (QED) is 0.817. The van der Waals surface area contributed by atoms with Crippen LogP contribution in [0.3, 0.4) is 0 Å². The molecule has 0 atom stereocenters. The molecule has 0 aromatic carbocycles. The molecule has 0 spiro atoms. The lowest BCUT2D eigenvalue weighted by Gasteiger charge is -2.11. The van der Waals surface area contributed by atoms with Crippen LogP contribution in [0.2, 0.25) is 5.02 Å². The number of halogens is 1. The first-order valence-corrected chi connectivity index (χ1v) is 8.78. The maximum absolute atomic E-state index is 6.37. The van der Waals surface area contributed by atoms with E-state index in [0.717, 1.165) is 23.8 Å². The van der Waals surface area contributed by atoms with Crippen molar-refractivity contribution in [1.82, 2.24) is 14.3 Å². The molecule has 4 rings (SSSR count). The molecule has 3 nitrogen and oxygen atoms in total. The van der Waals surface area contributed by atoms with Gasteiger partial charge in [0.15, 0.2) is 0 Å². The van der Waals surface area contributed by atoms with E-state index in [0.29, 0.717) is 5.92 Å². The monoisotopic (exact) mass is 315 g/mol. The summed E-state index contributed by atoms with van der Waals surface area (Å²) in [4.78, 5) is 7.09. The third kappa shape index (κ3) is 2.63. The van der Waals surface area contributed by atoms with E-state index >= 15 is 0 Å². The van der Waals surface area contributed by atoms with E-state index in [-0.39, 0.29) is 0 Å². The van der Waals surface area contributed by atoms with Gasteiger partial charge in [-0.3, -0.25) is 4.40 Å². The number of nitrogens with zero attached hydrogens (tertiary/aromatic N) is 3. The molecular weight excluding hydrogens is 294 g/mol. The summed E-state index contributed by atoms with van der Waals surface area (Å²) in [5, 5.41) is 0.799. The van der Waals surface area contributed by atoms with E-state index in [1.54, 1.807) is 0 Å². The Balaban J connectivity index is 1.71. The zero-order valence-corrected chi connectivity index (χ0v) is 13.6. The van der Waals surface area contributed by atoms with Crippen LogP contribution in [-0.2, 0) is 0 Å². The van der Waals surface area contributed by atoms with Gasteiger partial charge < -0.3 is 4.90 Å². The second-order valence-electron chi connectivity index (χ2n) is 6.52. The van der Waals surface area contributed by atoms with Crippen LogP contribution >= 0.6 is 11.6 Å². The van der Waals surface area contributed by atoms with Gasteiger partial charge >= 0.3 is 0 Å². The number of hydrogen-bond donors (Lipinski definition) is 0. The van der Waals surface area contributed by atoms with E-state index < -0.39 is 0 Å². The fraction of sp³-hybridized carbons (Fsp3) is 0.500. The molecule has 2 fully saturated rings. The Bertz CT molecular complexity index is 692. The highest BCUT2D eigenvalue weighted by molar-refractivity contribution is 6.31. The van der Waals surface area contributed by atoms with Gasteiger partial charge in [-0.05, 0) is 43.9 Å². The molecule has 2 aromatic heterocycles. The molecule has 0 amide bonds. The smallest absolute Gasteiger partial charge is 0.100 e. The third-order valence-electron chi connectivity index (χ3n) is 5.01. The van der Waals surface area contributed by atoms with Crippen LogP contribution in [0.15, 0.2) is 24.7 Å². The summed E-state index contributed by atoms with van der Waals surface area (Å²) in [5.74, 6) is 0.610. The summed E-state index contributed by atoms with van der Waals surface area (Å²) >= 11 is 6.37. The maximum Gasteiger partial charge on any atom is 0.100 e. The number of rotatable bonds is 3. The molecule has 0 N–H and O–H groups in total. The summed E-state index contributed by atoms with van der Waals surface area (Å²) in [5.41, 5.74) is 3.53. The summed E-state index contributed by atoms with van der Waals surface area (Å²) in [7, 11) is 0. The second-order valence-corrected chi connectivity index (χ2v) is 6.96. The molecule has 1 saturated carbocycles. The van der Waals surface area contributed by atoms with Gasteiger partial charge in [-0.25, -0.2) is 4.98 Å². The topological polar surface area (TPSA) is 20.5 Å². The standard InChI is InChI=1S/C18H22ClN3/c19-15-11-16(7-10-21-8-3-4-9-21)22-13-20-18(17(22)12-15)14-5-1-2-6-14/h7,10-14H,1-6,8-9H2. The molecule has 0 bridgehead atoms. The first kappa shape index (κ1) is 14.1. The van der Waals surface area contributed by atoms with Crippen molar-refractivity contribution in [3.8, 4) is 0 Å². The first-order valence-electron chi connectivity index (χ1n) is 8.40. The Morgan fingerprint density at radius 3 is 2.64 bits per heavy atom. The number of aromatic nitrogens is 2. The van der Waals surface area contributed by atoms with Crippen LogP contribution < -0.4 is 0 Å². The van der Waals surface area contributed by atoms with Crippen molar-refractivity contribution >= 4 is 23.2 Å². The van der Waals surface area contributed by atoms with Gasteiger partial charge in [0.05, 0.1) is 16.9 Å². The van der Waals surface area contributed by atoms with Crippen molar-refractivity contribution in [1.29, 1.82) is 0 Å². The highest BCUT2D eigenvalue weighted by atomic mass is 35.5. The van der Waals surface area contributed by atoms with Crippen LogP contribution in [0.25, 0.3) is 11.6 Å². The highest BCUT2D eigenvalue weighted by Gasteiger charge is 2.22. The van der Waals surface area contributed by atoms with E-state index in [9.17, 15) is 0 Å². The molecule has 1 aliphatic heterocycles. The number of hydrogen-bond acceptors (Lipinski definition) is 2. The fourth-order valence-corrected chi connectivity index (χ4v) is 4.03. The molecule has 0 radical (unpaired) electrons. The molecule has 1 aliphatic carbocycles. The Hall–Kier alpha value is -1.48. The Labute approximate surface area is 136 Å². The van der Waals surface area contributed by atoms with Crippen LogP contribution in [0.5, 0.6) is 0 Å². The minimum absolute atomic E-state index is 0.610. The number of fused-ring (bicyclic) bond motifs is 1. The first-order chi connectivity index (χ1) is 10.8. The van der Waals surface area contributed by atoms with Gasteiger partial charge in [0.25, 0.3) is 0 Å². The minimum atomic E-state index is 0.610. The molecule has 116 valence electrons. The van der Waals surface area contributed by atoms with Crippen molar-refractivity contribution in [2.75, 3.05) is 13.1 Å². The zero-order chi connectivity index (χ0) is 14.9. The zero-order valence-electron chi connectivity index (χ0n) is 12.8. The predicted molar refractivity (Wildman–Crippen MR) is 91.3 cm³/mol. The molecule has 2 aromatic rings. The summed E-state index contributed by atoms with van der Waals surface area (Å²) < 4.78 is 2.19. The predicted octanol–water partition coefficient (Wildman–Crippen LogP) is 4.71. The van der Waals surface area contributed by atoms with E-state index in [4.69, 9.17) is 16.6 Å². The van der Waals surface area contributed by atoms with Gasteiger partial charge in [0, 0.05) is 30.2 Å². The average Bonchev–Trinajstić information content (AvgIpc) is 3.24. The van der Waals surface area contributed by atoms with E-state index in [1.807, 2.05) is 12.4 Å². The van der Waals surface area contributed by atoms with Crippen molar-refractivity contribution in [3.05, 3.63) is 41.1 Å². The summed E-state index contributed by atoms with van der Waals surface area (Å²) in [6, 6.07) is 4.09. The summed E-state index contributed by atoms with van der Waals surface area (Å²) in [6.07, 6.45) is 14.1. The molecule has 2 aliphatic rings.